The van der Waals surface area contributed by atoms with Crippen molar-refractivity contribution in [2.24, 2.45) is 0 Å². The lowest BCUT2D eigenvalue weighted by Crippen LogP contribution is -2.53. The van der Waals surface area contributed by atoms with Gasteiger partial charge in [-0.3, -0.25) is 24.4 Å². The first-order valence-electron chi connectivity index (χ1n) is 10.7. The Morgan fingerprint density at radius 1 is 1.18 bits per heavy atom. The number of ether oxygens (including phenoxy) is 1. The summed E-state index contributed by atoms with van der Waals surface area (Å²) in [7, 11) is 0. The minimum atomic E-state index is -0.821. The molecule has 1 N–H and O–H groups in total. The second kappa shape index (κ2) is 9.21. The lowest BCUT2D eigenvalue weighted by Gasteiger charge is -2.27. The number of aromatic nitrogens is 2. The molecule has 33 heavy (non-hydrogen) atoms. The third-order valence-electron chi connectivity index (χ3n) is 5.98. The van der Waals surface area contributed by atoms with Gasteiger partial charge < -0.3 is 15.0 Å². The van der Waals surface area contributed by atoms with Gasteiger partial charge in [0.15, 0.2) is 5.78 Å². The van der Waals surface area contributed by atoms with Crippen molar-refractivity contribution in [3.05, 3.63) is 70.9 Å². The largest absolute Gasteiger partial charge is 0.368 e. The summed E-state index contributed by atoms with van der Waals surface area (Å²) < 4.78 is 5.52. The average molecular weight is 463 g/mol. The van der Waals surface area contributed by atoms with Crippen LogP contribution in [-0.2, 0) is 20.7 Å². The van der Waals surface area contributed by atoms with Crippen molar-refractivity contribution < 1.29 is 19.1 Å². The van der Waals surface area contributed by atoms with E-state index in [1.54, 1.807) is 41.8 Å². The van der Waals surface area contributed by atoms with Gasteiger partial charge in [-0.1, -0.05) is 12.1 Å². The second-order valence-electron chi connectivity index (χ2n) is 8.11. The lowest BCUT2D eigenvalue weighted by molar-refractivity contribution is -0.138. The molecule has 0 bridgehead atoms. The van der Waals surface area contributed by atoms with Gasteiger partial charge in [0.1, 0.15) is 18.7 Å². The van der Waals surface area contributed by atoms with Crippen LogP contribution in [0, 0.1) is 0 Å². The number of hydrogen-bond donors (Lipinski definition) is 1. The molecule has 0 aliphatic carbocycles. The van der Waals surface area contributed by atoms with E-state index in [1.165, 1.54) is 11.3 Å². The van der Waals surface area contributed by atoms with E-state index in [2.05, 4.69) is 15.3 Å². The van der Waals surface area contributed by atoms with Crippen molar-refractivity contribution in [1.82, 2.24) is 20.2 Å². The molecular weight excluding hydrogens is 440 g/mol. The maximum absolute atomic E-state index is 13.5. The van der Waals surface area contributed by atoms with E-state index in [9.17, 15) is 14.4 Å². The third kappa shape index (κ3) is 4.42. The van der Waals surface area contributed by atoms with Gasteiger partial charge in [-0.25, -0.2) is 0 Å². The predicted octanol–water partition coefficient (Wildman–Crippen LogP) is 2.12. The topological polar surface area (TPSA) is 101 Å². The molecular formula is C24H22N4O4S. The summed E-state index contributed by atoms with van der Waals surface area (Å²) in [6.45, 7) is 0.467. The van der Waals surface area contributed by atoms with Crippen LogP contribution in [0.1, 0.15) is 21.7 Å². The number of Topliss-reactive ketones (excluding diaryl/α,β-unsaturated/α-hetero) is 1. The molecule has 2 aliphatic rings. The van der Waals surface area contributed by atoms with Gasteiger partial charge in [0.05, 0.1) is 11.0 Å². The molecule has 5 heterocycles. The van der Waals surface area contributed by atoms with Crippen molar-refractivity contribution in [1.29, 1.82) is 0 Å². The van der Waals surface area contributed by atoms with Crippen LogP contribution in [0.3, 0.4) is 0 Å². The number of amides is 2. The number of rotatable bonds is 6. The van der Waals surface area contributed by atoms with Crippen LogP contribution in [-0.4, -0.2) is 63.8 Å². The molecule has 8 nitrogen and oxygen atoms in total. The summed E-state index contributed by atoms with van der Waals surface area (Å²) in [6.07, 6.45) is 7.41. The maximum Gasteiger partial charge on any atom is 0.262 e. The number of nitrogens with one attached hydrogen (secondary N) is 1. The molecule has 0 aromatic carbocycles. The summed E-state index contributed by atoms with van der Waals surface area (Å²) in [6, 6.07) is 7.83. The van der Waals surface area contributed by atoms with Gasteiger partial charge in [0.2, 0.25) is 5.91 Å². The van der Waals surface area contributed by atoms with E-state index in [1.807, 2.05) is 23.6 Å². The standard InChI is InChI=1S/C24H22N4O4S/c29-19-13-32-20-5-8-28(22(19)20)24(31)18(9-15-3-1-6-25-11-15)27-23(30)21-10-17(14-33-21)16-4-2-7-26-12-16/h1-4,6-7,10-12,14,18,20,22H,5,8-9,13H2,(H,27,30). The molecule has 3 unspecified atom stereocenters. The SMILES string of the molecule is O=C(NC(Cc1cccnc1)C(=O)N1CCC2OCC(=O)C21)c1cc(-c2cccnc2)cs1. The molecule has 5 rings (SSSR count). The Labute approximate surface area is 194 Å². The summed E-state index contributed by atoms with van der Waals surface area (Å²) in [5, 5.41) is 4.80. The Balaban J connectivity index is 1.37. The van der Waals surface area contributed by atoms with Crippen LogP contribution in [0.4, 0.5) is 0 Å². The van der Waals surface area contributed by atoms with E-state index in [4.69, 9.17) is 4.74 Å². The van der Waals surface area contributed by atoms with Crippen LogP contribution in [0.15, 0.2) is 60.5 Å². The number of likely N-dealkylation sites (tertiary alicyclic amines) is 1. The van der Waals surface area contributed by atoms with E-state index < -0.39 is 12.1 Å². The fourth-order valence-electron chi connectivity index (χ4n) is 4.37. The number of carbonyl (C=O) groups excluding carboxylic acids is 3. The molecule has 0 radical (unpaired) electrons. The van der Waals surface area contributed by atoms with Gasteiger partial charge in [-0.15, -0.1) is 11.3 Å². The summed E-state index contributed by atoms with van der Waals surface area (Å²) in [4.78, 5) is 49.2. The molecule has 2 saturated heterocycles. The second-order valence-corrected chi connectivity index (χ2v) is 9.02. The zero-order chi connectivity index (χ0) is 22.8. The Bertz CT molecular complexity index is 1170. The Hall–Kier alpha value is -3.43. The van der Waals surface area contributed by atoms with Crippen LogP contribution in [0.25, 0.3) is 11.1 Å². The van der Waals surface area contributed by atoms with Crippen molar-refractivity contribution in [3.8, 4) is 11.1 Å². The first-order valence-corrected chi connectivity index (χ1v) is 11.6. The number of nitrogens with zero attached hydrogens (tertiary/aromatic N) is 3. The van der Waals surface area contributed by atoms with Crippen LogP contribution < -0.4 is 5.32 Å². The molecule has 9 heteroatoms. The normalized spacial score (nSPS) is 20.5. The van der Waals surface area contributed by atoms with Gasteiger partial charge in [-0.05, 0) is 41.1 Å². The summed E-state index contributed by atoms with van der Waals surface area (Å²) >= 11 is 1.31. The Morgan fingerprint density at radius 2 is 2.00 bits per heavy atom. The molecule has 2 amide bonds. The fourth-order valence-corrected chi connectivity index (χ4v) is 5.18. The fraction of sp³-hybridized carbons (Fsp3) is 0.292. The quantitative estimate of drug-likeness (QED) is 0.602. The van der Waals surface area contributed by atoms with E-state index in [0.717, 1.165) is 16.7 Å². The molecule has 0 saturated carbocycles. The third-order valence-corrected chi connectivity index (χ3v) is 6.91. The zero-order valence-corrected chi connectivity index (χ0v) is 18.5. The highest BCUT2D eigenvalue weighted by Crippen LogP contribution is 2.28. The highest BCUT2D eigenvalue weighted by molar-refractivity contribution is 7.12. The van der Waals surface area contributed by atoms with Crippen molar-refractivity contribution in [2.75, 3.05) is 13.2 Å². The number of hydrogen-bond acceptors (Lipinski definition) is 7. The first-order chi connectivity index (χ1) is 16.1. The van der Waals surface area contributed by atoms with Crippen molar-refractivity contribution >= 4 is 28.9 Å². The van der Waals surface area contributed by atoms with Crippen molar-refractivity contribution in [2.45, 2.75) is 31.0 Å². The lowest BCUT2D eigenvalue weighted by atomic mass is 10.0. The minimum Gasteiger partial charge on any atom is -0.368 e. The molecule has 3 aromatic heterocycles. The van der Waals surface area contributed by atoms with E-state index in [-0.39, 0.29) is 36.7 Å². The summed E-state index contributed by atoms with van der Waals surface area (Å²) in [5.41, 5.74) is 2.63. The highest BCUT2D eigenvalue weighted by Gasteiger charge is 2.48. The molecule has 0 spiro atoms. The molecule has 168 valence electrons. The van der Waals surface area contributed by atoms with Gasteiger partial charge in [-0.2, -0.15) is 0 Å². The monoisotopic (exact) mass is 462 g/mol. The van der Waals surface area contributed by atoms with Crippen LogP contribution in [0.5, 0.6) is 0 Å². The Morgan fingerprint density at radius 3 is 2.76 bits per heavy atom. The summed E-state index contributed by atoms with van der Waals surface area (Å²) in [5.74, 6) is -0.693. The van der Waals surface area contributed by atoms with Gasteiger partial charge in [0, 0.05) is 43.3 Å². The van der Waals surface area contributed by atoms with E-state index >= 15 is 0 Å². The van der Waals surface area contributed by atoms with Crippen molar-refractivity contribution in [3.63, 3.8) is 0 Å². The first kappa shape index (κ1) is 21.4. The van der Waals surface area contributed by atoms with Crippen LogP contribution in [0.2, 0.25) is 0 Å². The molecule has 2 fully saturated rings. The Kier molecular flexibility index (Phi) is 5.97. The molecule has 2 aliphatic heterocycles. The number of carbonyl (C=O) groups is 3. The zero-order valence-electron chi connectivity index (χ0n) is 17.7. The number of thiophene rings is 1. The van der Waals surface area contributed by atoms with Crippen LogP contribution >= 0.6 is 11.3 Å². The predicted molar refractivity (Wildman–Crippen MR) is 122 cm³/mol. The van der Waals surface area contributed by atoms with E-state index in [0.29, 0.717) is 17.8 Å². The number of fused-ring (bicyclic) bond motifs is 1. The van der Waals surface area contributed by atoms with Gasteiger partial charge >= 0.3 is 0 Å². The number of ketones is 1. The molecule has 3 atom stereocenters. The molecule has 3 aromatic rings. The average Bonchev–Trinajstić information content (AvgIpc) is 3.58. The van der Waals surface area contributed by atoms with Gasteiger partial charge in [0.25, 0.3) is 5.91 Å². The maximum atomic E-state index is 13.5. The smallest absolute Gasteiger partial charge is 0.262 e. The minimum absolute atomic E-state index is 0.0328. The highest BCUT2D eigenvalue weighted by atomic mass is 32.1. The number of pyridine rings is 2.